The standard InChI is InChI=1S/C32H40FN3O4S/c1-23(2)20-34-32(38)30(19-25-11-7-6-8-12-25)35(21-26-15-17-27(33)18-16-26)31(37)22-36(41(5,39)40)29-14-10-9-13-28(29)24(3)4/h6-18,23-24,30H,19-22H2,1-5H3,(H,34,38)/t30-/m0/s1. The van der Waals surface area contributed by atoms with Gasteiger partial charge in [-0.25, -0.2) is 12.8 Å². The van der Waals surface area contributed by atoms with Crippen LogP contribution in [0.15, 0.2) is 78.9 Å². The number of hydrogen-bond acceptors (Lipinski definition) is 4. The van der Waals surface area contributed by atoms with Crippen LogP contribution >= 0.6 is 0 Å². The van der Waals surface area contributed by atoms with Gasteiger partial charge in [-0.15, -0.1) is 0 Å². The molecular weight excluding hydrogens is 541 g/mol. The lowest BCUT2D eigenvalue weighted by Crippen LogP contribution is -2.53. The Morgan fingerprint density at radius 2 is 1.46 bits per heavy atom. The van der Waals surface area contributed by atoms with Gasteiger partial charge in [0, 0.05) is 19.5 Å². The van der Waals surface area contributed by atoms with Crippen molar-refractivity contribution in [3.05, 3.63) is 101 Å². The Bertz CT molecular complexity index is 1410. The molecule has 41 heavy (non-hydrogen) atoms. The number of carbonyl (C=O) groups excluding carboxylic acids is 2. The van der Waals surface area contributed by atoms with Crippen LogP contribution in [0.3, 0.4) is 0 Å². The minimum Gasteiger partial charge on any atom is -0.354 e. The first-order valence-electron chi connectivity index (χ1n) is 13.8. The van der Waals surface area contributed by atoms with Gasteiger partial charge in [0.15, 0.2) is 0 Å². The highest BCUT2D eigenvalue weighted by molar-refractivity contribution is 7.92. The number of carbonyl (C=O) groups is 2. The lowest BCUT2D eigenvalue weighted by atomic mass is 10.0. The molecule has 7 nitrogen and oxygen atoms in total. The summed E-state index contributed by atoms with van der Waals surface area (Å²) < 4.78 is 40.9. The number of amides is 2. The maximum Gasteiger partial charge on any atom is 0.244 e. The van der Waals surface area contributed by atoms with Gasteiger partial charge in [-0.3, -0.25) is 13.9 Å². The minimum absolute atomic E-state index is 0.00482. The number of halogens is 1. The van der Waals surface area contributed by atoms with Crippen LogP contribution in [-0.4, -0.2) is 50.5 Å². The van der Waals surface area contributed by atoms with E-state index in [9.17, 15) is 22.4 Å². The summed E-state index contributed by atoms with van der Waals surface area (Å²) in [4.78, 5) is 29.2. The van der Waals surface area contributed by atoms with Crippen LogP contribution in [0.5, 0.6) is 0 Å². The highest BCUT2D eigenvalue weighted by Gasteiger charge is 2.33. The SMILES string of the molecule is CC(C)CNC(=O)[C@H](Cc1ccccc1)N(Cc1ccc(F)cc1)C(=O)CN(c1ccccc1C(C)C)S(C)(=O)=O. The van der Waals surface area contributed by atoms with Crippen molar-refractivity contribution in [2.75, 3.05) is 23.7 Å². The first-order valence-corrected chi connectivity index (χ1v) is 15.6. The van der Waals surface area contributed by atoms with E-state index in [0.717, 1.165) is 21.7 Å². The smallest absolute Gasteiger partial charge is 0.244 e. The van der Waals surface area contributed by atoms with Gasteiger partial charge in [-0.2, -0.15) is 0 Å². The number of nitrogens with one attached hydrogen (secondary N) is 1. The highest BCUT2D eigenvalue weighted by atomic mass is 32.2. The van der Waals surface area contributed by atoms with Crippen LogP contribution in [0.1, 0.15) is 50.3 Å². The number of anilines is 1. The summed E-state index contributed by atoms with van der Waals surface area (Å²) in [6.07, 6.45) is 1.29. The van der Waals surface area contributed by atoms with Crippen molar-refractivity contribution < 1.29 is 22.4 Å². The van der Waals surface area contributed by atoms with Gasteiger partial charge >= 0.3 is 0 Å². The summed E-state index contributed by atoms with van der Waals surface area (Å²) in [6.45, 7) is 7.78. The molecule has 0 radical (unpaired) electrons. The number of sulfonamides is 1. The molecule has 9 heteroatoms. The number of para-hydroxylation sites is 1. The van der Waals surface area contributed by atoms with E-state index < -0.39 is 34.3 Å². The quantitative estimate of drug-likeness (QED) is 0.303. The Balaban J connectivity index is 2.08. The van der Waals surface area contributed by atoms with Crippen LogP contribution in [0.4, 0.5) is 10.1 Å². The summed E-state index contributed by atoms with van der Waals surface area (Å²) >= 11 is 0. The molecule has 0 aromatic heterocycles. The maximum atomic E-state index is 14.2. The van der Waals surface area contributed by atoms with Crippen molar-refractivity contribution in [1.82, 2.24) is 10.2 Å². The summed E-state index contributed by atoms with van der Waals surface area (Å²) in [5.41, 5.74) is 2.66. The Morgan fingerprint density at radius 1 is 0.854 bits per heavy atom. The lowest BCUT2D eigenvalue weighted by molar-refractivity contribution is -0.140. The summed E-state index contributed by atoms with van der Waals surface area (Å²) in [7, 11) is -3.87. The fourth-order valence-corrected chi connectivity index (χ4v) is 5.43. The van der Waals surface area contributed by atoms with Gasteiger partial charge in [0.2, 0.25) is 21.8 Å². The zero-order chi connectivity index (χ0) is 30.2. The van der Waals surface area contributed by atoms with E-state index in [1.54, 1.807) is 24.3 Å². The fraction of sp³-hybridized carbons (Fsp3) is 0.375. The van der Waals surface area contributed by atoms with Crippen molar-refractivity contribution in [2.24, 2.45) is 5.92 Å². The van der Waals surface area contributed by atoms with Crippen LogP contribution < -0.4 is 9.62 Å². The predicted molar refractivity (Wildman–Crippen MR) is 161 cm³/mol. The molecule has 0 aliphatic heterocycles. The minimum atomic E-state index is -3.87. The van der Waals surface area contributed by atoms with Crippen LogP contribution in [0.25, 0.3) is 0 Å². The van der Waals surface area contributed by atoms with E-state index >= 15 is 0 Å². The van der Waals surface area contributed by atoms with Crippen molar-refractivity contribution in [2.45, 2.75) is 52.6 Å². The van der Waals surface area contributed by atoms with E-state index in [2.05, 4.69) is 5.32 Å². The second-order valence-electron chi connectivity index (χ2n) is 11.0. The van der Waals surface area contributed by atoms with Crippen molar-refractivity contribution in [3.8, 4) is 0 Å². The van der Waals surface area contributed by atoms with E-state index in [1.807, 2.05) is 70.2 Å². The van der Waals surface area contributed by atoms with Gasteiger partial charge in [-0.1, -0.05) is 88.4 Å². The van der Waals surface area contributed by atoms with Crippen molar-refractivity contribution >= 4 is 27.5 Å². The molecule has 3 rings (SSSR count). The Morgan fingerprint density at radius 3 is 2.05 bits per heavy atom. The third-order valence-electron chi connectivity index (χ3n) is 6.73. The molecule has 0 fully saturated rings. The van der Waals surface area contributed by atoms with Crippen LogP contribution in [0, 0.1) is 11.7 Å². The Hall–Kier alpha value is -3.72. The molecule has 0 spiro atoms. The predicted octanol–water partition coefficient (Wildman–Crippen LogP) is 5.13. The molecule has 220 valence electrons. The molecule has 0 aliphatic carbocycles. The second-order valence-corrected chi connectivity index (χ2v) is 12.9. The zero-order valence-corrected chi connectivity index (χ0v) is 25.2. The molecule has 0 unspecified atom stereocenters. The highest BCUT2D eigenvalue weighted by Crippen LogP contribution is 2.29. The maximum absolute atomic E-state index is 14.2. The summed E-state index contributed by atoms with van der Waals surface area (Å²) in [6, 6.07) is 21.2. The van der Waals surface area contributed by atoms with Crippen molar-refractivity contribution in [3.63, 3.8) is 0 Å². The molecule has 0 aliphatic rings. The third kappa shape index (κ3) is 9.14. The van der Waals surface area contributed by atoms with Crippen LogP contribution in [0.2, 0.25) is 0 Å². The normalized spacial score (nSPS) is 12.3. The molecule has 0 saturated heterocycles. The number of benzene rings is 3. The lowest BCUT2D eigenvalue weighted by Gasteiger charge is -2.34. The van der Waals surface area contributed by atoms with E-state index in [-0.39, 0.29) is 30.7 Å². The second kappa shape index (κ2) is 14.3. The first-order chi connectivity index (χ1) is 19.4. The molecule has 3 aromatic rings. The van der Waals surface area contributed by atoms with Gasteiger partial charge in [0.1, 0.15) is 18.4 Å². The Labute approximate surface area is 243 Å². The summed E-state index contributed by atoms with van der Waals surface area (Å²) in [5, 5.41) is 2.95. The molecular formula is C32H40FN3O4S. The third-order valence-corrected chi connectivity index (χ3v) is 7.85. The molecule has 0 saturated carbocycles. The van der Waals surface area contributed by atoms with Gasteiger partial charge < -0.3 is 10.2 Å². The number of hydrogen-bond donors (Lipinski definition) is 1. The molecule has 1 N–H and O–H groups in total. The first kappa shape index (κ1) is 31.8. The number of rotatable bonds is 13. The largest absolute Gasteiger partial charge is 0.354 e. The van der Waals surface area contributed by atoms with Gasteiger partial charge in [0.25, 0.3) is 0 Å². The summed E-state index contributed by atoms with van der Waals surface area (Å²) in [5.74, 6) is -1.11. The monoisotopic (exact) mass is 581 g/mol. The number of nitrogens with zero attached hydrogens (tertiary/aromatic N) is 2. The zero-order valence-electron chi connectivity index (χ0n) is 24.4. The van der Waals surface area contributed by atoms with E-state index in [1.165, 1.54) is 17.0 Å². The van der Waals surface area contributed by atoms with Crippen molar-refractivity contribution in [1.29, 1.82) is 0 Å². The average molecular weight is 582 g/mol. The molecule has 2 amide bonds. The molecule has 0 bridgehead atoms. The topological polar surface area (TPSA) is 86.8 Å². The van der Waals surface area contributed by atoms with Gasteiger partial charge in [-0.05, 0) is 46.7 Å². The average Bonchev–Trinajstić information content (AvgIpc) is 2.93. The Kier molecular flexibility index (Phi) is 11.1. The van der Waals surface area contributed by atoms with Gasteiger partial charge in [0.05, 0.1) is 11.9 Å². The molecule has 3 aromatic carbocycles. The van der Waals surface area contributed by atoms with E-state index in [4.69, 9.17) is 0 Å². The molecule has 1 atom stereocenters. The molecule has 0 heterocycles. The van der Waals surface area contributed by atoms with E-state index in [0.29, 0.717) is 17.8 Å². The fourth-order valence-electron chi connectivity index (χ4n) is 4.56. The van der Waals surface area contributed by atoms with Crippen LogP contribution in [-0.2, 0) is 32.6 Å².